The molecule has 0 aromatic heterocycles. The summed E-state index contributed by atoms with van der Waals surface area (Å²) in [6.07, 6.45) is 0. The van der Waals surface area contributed by atoms with Crippen molar-refractivity contribution < 1.29 is 4.74 Å². The smallest absolute Gasteiger partial charge is 0.0603 e. The Kier molecular flexibility index (Phi) is 4.46. The topological polar surface area (TPSA) is 38.5 Å². The lowest BCUT2D eigenvalue weighted by molar-refractivity contribution is 0.145. The fourth-order valence-electron chi connectivity index (χ4n) is 1.11. The number of rotatable bonds is 5. The molecule has 0 aliphatic heterocycles. The largest absolute Gasteiger partial charge is 0.383 e. The maximum absolute atomic E-state index is 5.75. The second-order valence-electron chi connectivity index (χ2n) is 2.95. The lowest BCUT2D eigenvalue weighted by Gasteiger charge is -2.15. The van der Waals surface area contributed by atoms with Crippen LogP contribution in [0.3, 0.4) is 0 Å². The van der Waals surface area contributed by atoms with E-state index in [4.69, 9.17) is 10.6 Å². The Balaban J connectivity index is 2.32. The average Bonchev–Trinajstić information content (AvgIpc) is 2.16. The van der Waals surface area contributed by atoms with Crippen molar-refractivity contribution in [3.63, 3.8) is 0 Å². The van der Waals surface area contributed by atoms with Crippen LogP contribution in [0.4, 0.5) is 0 Å². The molecule has 1 aromatic carbocycles. The Hall–Kier alpha value is -0.900. The van der Waals surface area contributed by atoms with E-state index in [2.05, 4.69) is 12.1 Å². The summed E-state index contributed by atoms with van der Waals surface area (Å²) in [5.74, 6) is 5.75. The van der Waals surface area contributed by atoms with Gasteiger partial charge < -0.3 is 4.74 Å². The second kappa shape index (κ2) is 5.70. The molecule has 0 bridgehead atoms. The quantitative estimate of drug-likeness (QED) is 0.543. The highest BCUT2D eigenvalue weighted by molar-refractivity contribution is 5.14. The van der Waals surface area contributed by atoms with Gasteiger partial charge in [0.2, 0.25) is 0 Å². The van der Waals surface area contributed by atoms with Crippen LogP contribution in [0.25, 0.3) is 0 Å². The zero-order valence-electron chi connectivity index (χ0n) is 7.94. The Labute approximate surface area is 79.1 Å². The van der Waals surface area contributed by atoms with Crippen molar-refractivity contribution in [2.45, 2.75) is 6.54 Å². The summed E-state index contributed by atoms with van der Waals surface area (Å²) in [5.41, 5.74) is 1.22. The van der Waals surface area contributed by atoms with Gasteiger partial charge in [-0.2, -0.15) is 0 Å². The summed E-state index contributed by atoms with van der Waals surface area (Å²) in [7, 11) is 1.68. The minimum atomic E-state index is 0.670. The molecule has 0 amide bonds. The predicted octanol–water partition coefficient (Wildman–Crippen LogP) is 1.01. The number of nitrogens with zero attached hydrogens (tertiary/aromatic N) is 1. The van der Waals surface area contributed by atoms with Gasteiger partial charge in [0.15, 0.2) is 0 Å². The van der Waals surface area contributed by atoms with Crippen LogP contribution in [0.5, 0.6) is 0 Å². The molecule has 3 nitrogen and oxygen atoms in total. The Morgan fingerprint density at radius 1 is 1.31 bits per heavy atom. The average molecular weight is 180 g/mol. The number of hydrazine groups is 1. The third-order valence-corrected chi connectivity index (χ3v) is 1.81. The zero-order valence-corrected chi connectivity index (χ0v) is 7.94. The third-order valence-electron chi connectivity index (χ3n) is 1.81. The highest BCUT2D eigenvalue weighted by Crippen LogP contribution is 2.00. The molecule has 2 N–H and O–H groups in total. The molecule has 0 aliphatic carbocycles. The van der Waals surface area contributed by atoms with E-state index in [-0.39, 0.29) is 0 Å². The molecule has 0 atom stereocenters. The molecule has 1 aromatic rings. The van der Waals surface area contributed by atoms with Crippen molar-refractivity contribution in [1.82, 2.24) is 5.01 Å². The van der Waals surface area contributed by atoms with Crippen molar-refractivity contribution in [2.75, 3.05) is 20.3 Å². The minimum Gasteiger partial charge on any atom is -0.383 e. The van der Waals surface area contributed by atoms with Gasteiger partial charge >= 0.3 is 0 Å². The standard InChI is InChI=1S/C10H16N2O/c1-13-8-7-12(11)9-10-5-3-2-4-6-10/h2-6H,7-9,11H2,1H3. The van der Waals surface area contributed by atoms with Crippen molar-refractivity contribution in [3.05, 3.63) is 35.9 Å². The lowest BCUT2D eigenvalue weighted by Crippen LogP contribution is -2.33. The van der Waals surface area contributed by atoms with Crippen LogP contribution in [-0.2, 0) is 11.3 Å². The van der Waals surface area contributed by atoms with Crippen molar-refractivity contribution in [1.29, 1.82) is 0 Å². The lowest BCUT2D eigenvalue weighted by atomic mass is 10.2. The molecule has 0 saturated carbocycles. The van der Waals surface area contributed by atoms with Crippen molar-refractivity contribution in [2.24, 2.45) is 5.84 Å². The van der Waals surface area contributed by atoms with Gasteiger partial charge in [-0.3, -0.25) is 5.84 Å². The van der Waals surface area contributed by atoms with E-state index < -0.39 is 0 Å². The van der Waals surface area contributed by atoms with E-state index >= 15 is 0 Å². The molecule has 13 heavy (non-hydrogen) atoms. The first-order chi connectivity index (χ1) is 6.33. The summed E-state index contributed by atoms with van der Waals surface area (Å²) in [4.78, 5) is 0. The Bertz CT molecular complexity index is 226. The van der Waals surface area contributed by atoms with Crippen LogP contribution >= 0.6 is 0 Å². The summed E-state index contributed by atoms with van der Waals surface area (Å²) >= 11 is 0. The highest BCUT2D eigenvalue weighted by atomic mass is 16.5. The van der Waals surface area contributed by atoms with Gasteiger partial charge in [-0.1, -0.05) is 30.3 Å². The molecule has 0 heterocycles. The maximum atomic E-state index is 5.75. The molecule has 0 spiro atoms. The second-order valence-corrected chi connectivity index (χ2v) is 2.95. The van der Waals surface area contributed by atoms with E-state index in [0.717, 1.165) is 13.1 Å². The first kappa shape index (κ1) is 10.2. The van der Waals surface area contributed by atoms with Gasteiger partial charge in [0, 0.05) is 20.2 Å². The van der Waals surface area contributed by atoms with Crippen LogP contribution in [-0.4, -0.2) is 25.3 Å². The molecule has 0 fully saturated rings. The molecular weight excluding hydrogens is 164 g/mol. The zero-order chi connectivity index (χ0) is 9.52. The summed E-state index contributed by atoms with van der Waals surface area (Å²) in [6, 6.07) is 10.2. The molecule has 0 radical (unpaired) electrons. The van der Waals surface area contributed by atoms with Gasteiger partial charge in [0.25, 0.3) is 0 Å². The number of ether oxygens (including phenoxy) is 1. The van der Waals surface area contributed by atoms with Crippen LogP contribution < -0.4 is 5.84 Å². The first-order valence-electron chi connectivity index (χ1n) is 4.35. The normalized spacial score (nSPS) is 10.7. The first-order valence-corrected chi connectivity index (χ1v) is 4.35. The Morgan fingerprint density at radius 3 is 2.62 bits per heavy atom. The van der Waals surface area contributed by atoms with Gasteiger partial charge in [0.05, 0.1) is 6.61 Å². The fraction of sp³-hybridized carbons (Fsp3) is 0.400. The minimum absolute atomic E-state index is 0.670. The number of methoxy groups -OCH3 is 1. The van der Waals surface area contributed by atoms with Gasteiger partial charge in [-0.25, -0.2) is 5.01 Å². The summed E-state index contributed by atoms with van der Waals surface area (Å²) in [5, 5.41) is 1.75. The van der Waals surface area contributed by atoms with Crippen LogP contribution in [0.2, 0.25) is 0 Å². The van der Waals surface area contributed by atoms with Crippen LogP contribution in [0.15, 0.2) is 30.3 Å². The molecule has 0 saturated heterocycles. The number of hydrogen-bond donors (Lipinski definition) is 1. The monoisotopic (exact) mass is 180 g/mol. The third kappa shape index (κ3) is 4.03. The van der Waals surface area contributed by atoms with Gasteiger partial charge in [0.1, 0.15) is 0 Å². The molecule has 0 aliphatic rings. The van der Waals surface area contributed by atoms with Crippen LogP contribution in [0.1, 0.15) is 5.56 Å². The van der Waals surface area contributed by atoms with E-state index in [1.165, 1.54) is 5.56 Å². The van der Waals surface area contributed by atoms with Crippen molar-refractivity contribution in [3.8, 4) is 0 Å². The van der Waals surface area contributed by atoms with Crippen molar-refractivity contribution >= 4 is 0 Å². The molecule has 3 heteroatoms. The molecule has 72 valence electrons. The summed E-state index contributed by atoms with van der Waals surface area (Å²) in [6.45, 7) is 2.19. The molecule has 0 unspecified atom stereocenters. The molecule has 1 rings (SSSR count). The number of benzene rings is 1. The van der Waals surface area contributed by atoms with E-state index in [0.29, 0.717) is 6.61 Å². The van der Waals surface area contributed by atoms with Crippen LogP contribution in [0, 0.1) is 0 Å². The van der Waals surface area contributed by atoms with Gasteiger partial charge in [-0.15, -0.1) is 0 Å². The van der Waals surface area contributed by atoms with E-state index in [1.54, 1.807) is 12.1 Å². The summed E-state index contributed by atoms with van der Waals surface area (Å²) < 4.78 is 4.93. The van der Waals surface area contributed by atoms with E-state index in [1.807, 2.05) is 18.2 Å². The predicted molar refractivity (Wildman–Crippen MR) is 52.9 cm³/mol. The van der Waals surface area contributed by atoms with E-state index in [9.17, 15) is 0 Å². The van der Waals surface area contributed by atoms with Gasteiger partial charge in [-0.05, 0) is 5.56 Å². The number of hydrogen-bond acceptors (Lipinski definition) is 3. The number of nitrogens with two attached hydrogens (primary N) is 1. The Morgan fingerprint density at radius 2 is 2.00 bits per heavy atom. The SMILES string of the molecule is COCCN(N)Cc1ccccc1. The molecular formula is C10H16N2O. The highest BCUT2D eigenvalue weighted by Gasteiger charge is 1.98. The maximum Gasteiger partial charge on any atom is 0.0603 e. The fourth-order valence-corrected chi connectivity index (χ4v) is 1.11.